The molecule has 0 bridgehead atoms. The lowest BCUT2D eigenvalue weighted by Gasteiger charge is -2.11. The van der Waals surface area contributed by atoms with Gasteiger partial charge in [-0.15, -0.1) is 0 Å². The van der Waals surface area contributed by atoms with Crippen LogP contribution < -0.4 is 11.1 Å². The van der Waals surface area contributed by atoms with Gasteiger partial charge in [0, 0.05) is 23.4 Å². The first-order valence-corrected chi connectivity index (χ1v) is 7.73. The Kier molecular flexibility index (Phi) is 4.76. The van der Waals surface area contributed by atoms with Gasteiger partial charge in [-0.1, -0.05) is 29.4 Å². The molecule has 0 aliphatic rings. The highest BCUT2D eigenvalue weighted by molar-refractivity contribution is 6.04. The van der Waals surface area contributed by atoms with Crippen LogP contribution in [0, 0.1) is 0 Å². The van der Waals surface area contributed by atoms with E-state index in [2.05, 4.69) is 20.0 Å². The quantitative estimate of drug-likeness (QED) is 0.745. The van der Waals surface area contributed by atoms with Crippen LogP contribution in [0.2, 0.25) is 0 Å². The lowest BCUT2D eigenvalue weighted by Crippen LogP contribution is -2.14. The van der Waals surface area contributed by atoms with Crippen LogP contribution in [-0.4, -0.2) is 35.0 Å². The van der Waals surface area contributed by atoms with Gasteiger partial charge in [-0.25, -0.2) is 4.79 Å². The zero-order valence-electron chi connectivity index (χ0n) is 13.9. The number of carbonyl (C=O) groups is 1. The molecule has 7 nitrogen and oxygen atoms in total. The topological polar surface area (TPSA) is 91.2 Å². The van der Waals surface area contributed by atoms with E-state index in [4.69, 9.17) is 0 Å². The van der Waals surface area contributed by atoms with E-state index in [1.54, 1.807) is 30.3 Å². The molecule has 2 aromatic carbocycles. The molecule has 1 amide bonds. The number of anilines is 1. The molecule has 0 saturated heterocycles. The maximum atomic E-state index is 12.5. The second kappa shape index (κ2) is 7.14. The molecule has 0 atom stereocenters. The summed E-state index contributed by atoms with van der Waals surface area (Å²) < 4.78 is 4.50. The molecule has 0 aliphatic carbocycles. The fourth-order valence-electron chi connectivity index (χ4n) is 2.48. The van der Waals surface area contributed by atoms with Crippen molar-refractivity contribution in [3.63, 3.8) is 0 Å². The van der Waals surface area contributed by atoms with Crippen LogP contribution in [0.15, 0.2) is 57.8 Å². The van der Waals surface area contributed by atoms with Crippen molar-refractivity contribution in [1.82, 2.24) is 15.0 Å². The van der Waals surface area contributed by atoms with Gasteiger partial charge >= 0.3 is 5.76 Å². The molecule has 1 aromatic heterocycles. The van der Waals surface area contributed by atoms with Crippen LogP contribution in [0.4, 0.5) is 5.69 Å². The van der Waals surface area contributed by atoms with E-state index in [0.717, 1.165) is 12.1 Å². The van der Waals surface area contributed by atoms with Gasteiger partial charge in [0.2, 0.25) is 0 Å². The molecule has 25 heavy (non-hydrogen) atoms. The first-order chi connectivity index (χ1) is 12.0. The maximum absolute atomic E-state index is 12.5. The molecule has 0 aliphatic heterocycles. The van der Waals surface area contributed by atoms with E-state index in [1.807, 2.05) is 37.2 Å². The van der Waals surface area contributed by atoms with Crippen molar-refractivity contribution in [3.8, 4) is 11.4 Å². The van der Waals surface area contributed by atoms with Crippen molar-refractivity contribution in [3.05, 3.63) is 70.2 Å². The molecule has 2 N–H and O–H groups in total. The minimum atomic E-state index is -0.623. The van der Waals surface area contributed by atoms with Gasteiger partial charge in [-0.05, 0) is 43.9 Å². The number of amides is 1. The normalized spacial score (nSPS) is 10.8. The van der Waals surface area contributed by atoms with E-state index >= 15 is 0 Å². The Morgan fingerprint density at radius 2 is 2.00 bits per heavy atom. The number of nitrogens with one attached hydrogen (secondary N) is 2. The Morgan fingerprint density at radius 1 is 1.20 bits per heavy atom. The van der Waals surface area contributed by atoms with Crippen molar-refractivity contribution in [2.45, 2.75) is 6.54 Å². The Morgan fingerprint density at radius 3 is 2.72 bits per heavy atom. The molecular formula is C18H18N4O3. The van der Waals surface area contributed by atoms with E-state index < -0.39 is 5.76 Å². The highest BCUT2D eigenvalue weighted by Crippen LogP contribution is 2.19. The van der Waals surface area contributed by atoms with Crippen LogP contribution >= 0.6 is 0 Å². The summed E-state index contributed by atoms with van der Waals surface area (Å²) in [6.07, 6.45) is 0. The van der Waals surface area contributed by atoms with E-state index in [9.17, 15) is 9.59 Å². The molecule has 128 valence electrons. The third kappa shape index (κ3) is 4.21. The van der Waals surface area contributed by atoms with Crippen molar-refractivity contribution in [2.24, 2.45) is 0 Å². The smallest absolute Gasteiger partial charge is 0.322 e. The van der Waals surface area contributed by atoms with Crippen LogP contribution in [0.3, 0.4) is 0 Å². The lowest BCUT2D eigenvalue weighted by molar-refractivity contribution is 0.102. The summed E-state index contributed by atoms with van der Waals surface area (Å²) in [7, 11) is 3.96. The summed E-state index contributed by atoms with van der Waals surface area (Å²) in [5.74, 6) is -0.511. The Balaban J connectivity index is 1.78. The zero-order chi connectivity index (χ0) is 17.8. The predicted molar refractivity (Wildman–Crippen MR) is 94.3 cm³/mol. The summed E-state index contributed by atoms with van der Waals surface area (Å²) >= 11 is 0. The molecular weight excluding hydrogens is 320 g/mol. The third-order valence-electron chi connectivity index (χ3n) is 3.52. The van der Waals surface area contributed by atoms with Crippen molar-refractivity contribution in [1.29, 1.82) is 0 Å². The summed E-state index contributed by atoms with van der Waals surface area (Å²) in [5.41, 5.74) is 2.89. The number of aromatic amines is 1. The van der Waals surface area contributed by atoms with Gasteiger partial charge in [0.25, 0.3) is 5.91 Å². The minimum absolute atomic E-state index is 0.202. The van der Waals surface area contributed by atoms with Crippen LogP contribution in [0.5, 0.6) is 0 Å². The number of hydrogen-bond acceptors (Lipinski definition) is 5. The molecule has 1 heterocycles. The first kappa shape index (κ1) is 16.7. The van der Waals surface area contributed by atoms with Gasteiger partial charge in [0.1, 0.15) is 0 Å². The monoisotopic (exact) mass is 338 g/mol. The number of hydrogen-bond donors (Lipinski definition) is 2. The minimum Gasteiger partial charge on any atom is -0.322 e. The van der Waals surface area contributed by atoms with Gasteiger partial charge in [-0.2, -0.15) is 0 Å². The fourth-order valence-corrected chi connectivity index (χ4v) is 2.48. The summed E-state index contributed by atoms with van der Waals surface area (Å²) in [6, 6.07) is 14.5. The number of aromatic nitrogens is 2. The van der Waals surface area contributed by atoms with Crippen molar-refractivity contribution in [2.75, 3.05) is 19.4 Å². The molecule has 0 fully saturated rings. The second-order valence-corrected chi connectivity index (χ2v) is 5.92. The fraction of sp³-hybridized carbons (Fsp3) is 0.167. The largest absolute Gasteiger partial charge is 0.439 e. The number of rotatable bonds is 5. The third-order valence-corrected chi connectivity index (χ3v) is 3.52. The average Bonchev–Trinajstić information content (AvgIpc) is 3.01. The van der Waals surface area contributed by atoms with Gasteiger partial charge in [-0.3, -0.25) is 14.3 Å². The molecule has 7 heteroatoms. The summed E-state index contributed by atoms with van der Waals surface area (Å²) in [6.45, 7) is 0.760. The Hall–Kier alpha value is -3.19. The number of H-pyrrole nitrogens is 1. The van der Waals surface area contributed by atoms with Gasteiger partial charge in [0.05, 0.1) is 0 Å². The summed E-state index contributed by atoms with van der Waals surface area (Å²) in [4.78, 5) is 28.1. The first-order valence-electron chi connectivity index (χ1n) is 7.73. The van der Waals surface area contributed by atoms with Crippen molar-refractivity contribution < 1.29 is 9.32 Å². The van der Waals surface area contributed by atoms with E-state index in [-0.39, 0.29) is 5.91 Å². The summed E-state index contributed by atoms with van der Waals surface area (Å²) in [5, 5.41) is 6.50. The Labute approximate surface area is 144 Å². The highest BCUT2D eigenvalue weighted by atomic mass is 16.5. The Bertz CT molecular complexity index is 943. The van der Waals surface area contributed by atoms with E-state index in [1.165, 1.54) is 0 Å². The number of benzene rings is 2. The second-order valence-electron chi connectivity index (χ2n) is 5.92. The molecule has 3 rings (SSSR count). The zero-order valence-corrected chi connectivity index (χ0v) is 13.9. The van der Waals surface area contributed by atoms with Gasteiger partial charge in [0.15, 0.2) is 5.82 Å². The maximum Gasteiger partial charge on any atom is 0.439 e. The van der Waals surface area contributed by atoms with Gasteiger partial charge < -0.3 is 10.2 Å². The SMILES string of the molecule is CN(C)Cc1cccc(C(=O)Nc2cccc(-c3noc(=O)[nH]3)c2)c1. The molecule has 0 unspecified atom stereocenters. The van der Waals surface area contributed by atoms with Crippen LogP contribution in [-0.2, 0) is 6.54 Å². The van der Waals surface area contributed by atoms with Crippen LogP contribution in [0.1, 0.15) is 15.9 Å². The average molecular weight is 338 g/mol. The lowest BCUT2D eigenvalue weighted by atomic mass is 10.1. The molecule has 0 saturated carbocycles. The standard InChI is InChI=1S/C18H18N4O3/c1-22(2)11-12-5-3-7-14(9-12)17(23)19-15-8-4-6-13(10-15)16-20-18(24)25-21-16/h3-10H,11H2,1-2H3,(H,19,23)(H,20,21,24). The van der Waals surface area contributed by atoms with E-state index in [0.29, 0.717) is 22.6 Å². The number of nitrogens with zero attached hydrogens (tertiary/aromatic N) is 2. The predicted octanol–water partition coefficient (Wildman–Crippen LogP) is 2.34. The van der Waals surface area contributed by atoms with Crippen molar-refractivity contribution >= 4 is 11.6 Å². The highest BCUT2D eigenvalue weighted by Gasteiger charge is 2.09. The number of carbonyl (C=O) groups excluding carboxylic acids is 1. The van der Waals surface area contributed by atoms with Crippen LogP contribution in [0.25, 0.3) is 11.4 Å². The molecule has 0 radical (unpaired) electrons. The molecule has 3 aromatic rings. The molecule has 0 spiro atoms.